The first-order valence-corrected chi connectivity index (χ1v) is 9.42. The molecule has 27 heavy (non-hydrogen) atoms. The van der Waals surface area contributed by atoms with E-state index in [1.165, 1.54) is 0 Å². The van der Waals surface area contributed by atoms with Crippen LogP contribution in [0.25, 0.3) is 0 Å². The molecule has 0 bridgehead atoms. The van der Waals surface area contributed by atoms with Crippen LogP contribution in [0.1, 0.15) is 33.3 Å². The van der Waals surface area contributed by atoms with Gasteiger partial charge in [-0.3, -0.25) is 0 Å². The molecule has 0 aromatic heterocycles. The molecule has 1 aromatic carbocycles. The van der Waals surface area contributed by atoms with Gasteiger partial charge in [0.15, 0.2) is 12.1 Å². The fourth-order valence-electron chi connectivity index (χ4n) is 3.24. The van der Waals surface area contributed by atoms with Crippen LogP contribution >= 0.6 is 0 Å². The molecule has 0 amide bonds. The molecule has 7 heteroatoms. The van der Waals surface area contributed by atoms with Gasteiger partial charge in [0.2, 0.25) is 0 Å². The van der Waals surface area contributed by atoms with E-state index in [1.807, 2.05) is 24.3 Å². The van der Waals surface area contributed by atoms with Gasteiger partial charge in [0, 0.05) is 0 Å². The quantitative estimate of drug-likeness (QED) is 0.709. The normalized spacial score (nSPS) is 30.5. The van der Waals surface area contributed by atoms with Crippen LogP contribution in [0.2, 0.25) is 0 Å². The lowest BCUT2D eigenvalue weighted by Crippen LogP contribution is -2.44. The van der Waals surface area contributed by atoms with Crippen molar-refractivity contribution < 1.29 is 33.9 Å². The Balaban J connectivity index is 1.61. The predicted octanol–water partition coefficient (Wildman–Crippen LogP) is 1.84. The van der Waals surface area contributed by atoms with Crippen LogP contribution < -0.4 is 4.74 Å². The zero-order chi connectivity index (χ0) is 19.6. The van der Waals surface area contributed by atoms with E-state index < -0.39 is 43.1 Å². The third-order valence-corrected chi connectivity index (χ3v) is 4.54. The van der Waals surface area contributed by atoms with E-state index in [0.29, 0.717) is 19.1 Å². The molecule has 2 heterocycles. The minimum absolute atomic E-state index is 0.320. The maximum atomic E-state index is 10.1. The molecule has 2 fully saturated rings. The summed E-state index contributed by atoms with van der Waals surface area (Å²) in [6.45, 7) is 8.39. The summed E-state index contributed by atoms with van der Waals surface area (Å²) in [5, 5.41) is 19.4. The first-order chi connectivity index (χ1) is 12.8. The number of aliphatic hydroxyl groups is 2. The molecule has 0 unspecified atom stereocenters. The number of hydrogen-bond donors (Lipinski definition) is 2. The Kier molecular flexibility index (Phi) is 6.40. The van der Waals surface area contributed by atoms with Crippen molar-refractivity contribution >= 4 is 0 Å². The van der Waals surface area contributed by atoms with Crippen molar-refractivity contribution in [1.29, 1.82) is 0 Å². The van der Waals surface area contributed by atoms with Crippen LogP contribution in [0.4, 0.5) is 0 Å². The van der Waals surface area contributed by atoms with Gasteiger partial charge in [-0.1, -0.05) is 26.0 Å². The second kappa shape index (κ2) is 8.43. The summed E-state index contributed by atoms with van der Waals surface area (Å²) >= 11 is 0. The molecule has 3 rings (SSSR count). The Morgan fingerprint density at radius 1 is 1.15 bits per heavy atom. The number of hydrogen-bond acceptors (Lipinski definition) is 7. The third kappa shape index (κ3) is 4.99. The Bertz CT molecular complexity index is 601. The molecule has 2 saturated heterocycles. The average molecular weight is 382 g/mol. The lowest BCUT2D eigenvalue weighted by molar-refractivity contribution is -0.232. The predicted molar refractivity (Wildman–Crippen MR) is 97.1 cm³/mol. The summed E-state index contributed by atoms with van der Waals surface area (Å²) in [6, 6.07) is 7.70. The molecule has 0 saturated carbocycles. The largest absolute Gasteiger partial charge is 0.493 e. The lowest BCUT2D eigenvalue weighted by Gasteiger charge is -2.28. The van der Waals surface area contributed by atoms with Crippen molar-refractivity contribution in [3.05, 3.63) is 29.8 Å². The second-order valence-electron chi connectivity index (χ2n) is 7.94. The van der Waals surface area contributed by atoms with Gasteiger partial charge >= 0.3 is 0 Å². The number of benzene rings is 1. The molecule has 7 nitrogen and oxygen atoms in total. The third-order valence-electron chi connectivity index (χ3n) is 4.54. The van der Waals surface area contributed by atoms with Gasteiger partial charge in [0.1, 0.15) is 30.2 Å². The summed E-state index contributed by atoms with van der Waals surface area (Å²) in [4.78, 5) is 0. The average Bonchev–Trinajstić information content (AvgIpc) is 3.10. The van der Waals surface area contributed by atoms with Crippen molar-refractivity contribution in [2.45, 2.75) is 70.8 Å². The van der Waals surface area contributed by atoms with Crippen molar-refractivity contribution in [2.75, 3.05) is 13.2 Å². The highest BCUT2D eigenvalue weighted by Gasteiger charge is 2.56. The number of ether oxygens (including phenoxy) is 5. The molecule has 2 aliphatic heterocycles. The highest BCUT2D eigenvalue weighted by atomic mass is 16.8. The summed E-state index contributed by atoms with van der Waals surface area (Å²) in [6.07, 6.45) is -3.41. The van der Waals surface area contributed by atoms with E-state index in [2.05, 4.69) is 13.8 Å². The molecule has 1 aromatic rings. The van der Waals surface area contributed by atoms with Crippen molar-refractivity contribution in [1.82, 2.24) is 0 Å². The molecule has 2 aliphatic rings. The van der Waals surface area contributed by atoms with Gasteiger partial charge < -0.3 is 33.9 Å². The molecule has 152 valence electrons. The highest BCUT2D eigenvalue weighted by molar-refractivity contribution is 5.27. The minimum Gasteiger partial charge on any atom is -0.493 e. The molecule has 0 spiro atoms. The summed E-state index contributed by atoms with van der Waals surface area (Å²) in [7, 11) is 0. The van der Waals surface area contributed by atoms with E-state index >= 15 is 0 Å². The Labute approximate surface area is 160 Å². The molecule has 0 aliphatic carbocycles. The highest BCUT2D eigenvalue weighted by Crippen LogP contribution is 2.39. The lowest BCUT2D eigenvalue weighted by atomic mass is 10.1. The van der Waals surface area contributed by atoms with Gasteiger partial charge in [-0.25, -0.2) is 0 Å². The molecule has 5 atom stereocenters. The number of rotatable bonds is 8. The first kappa shape index (κ1) is 20.5. The van der Waals surface area contributed by atoms with Gasteiger partial charge in [-0.2, -0.15) is 0 Å². The van der Waals surface area contributed by atoms with E-state index in [0.717, 1.165) is 11.3 Å². The zero-order valence-corrected chi connectivity index (χ0v) is 16.3. The van der Waals surface area contributed by atoms with Gasteiger partial charge in [0.05, 0.1) is 19.8 Å². The van der Waals surface area contributed by atoms with Crippen molar-refractivity contribution in [3.63, 3.8) is 0 Å². The maximum absolute atomic E-state index is 10.1. The van der Waals surface area contributed by atoms with E-state index in [-0.39, 0.29) is 0 Å². The maximum Gasteiger partial charge on any atom is 0.190 e. The van der Waals surface area contributed by atoms with Crippen LogP contribution in [-0.4, -0.2) is 59.9 Å². The van der Waals surface area contributed by atoms with Gasteiger partial charge in [-0.05, 0) is 37.5 Å². The van der Waals surface area contributed by atoms with Crippen molar-refractivity contribution in [3.8, 4) is 5.75 Å². The Morgan fingerprint density at radius 3 is 2.48 bits per heavy atom. The summed E-state index contributed by atoms with van der Waals surface area (Å²) in [5.41, 5.74) is 0.964. The Hall–Kier alpha value is -1.22. The van der Waals surface area contributed by atoms with Crippen molar-refractivity contribution in [2.24, 2.45) is 5.92 Å². The minimum atomic E-state index is -1.07. The first-order valence-electron chi connectivity index (χ1n) is 9.42. The van der Waals surface area contributed by atoms with Crippen LogP contribution in [0.15, 0.2) is 24.3 Å². The molecule has 0 radical (unpaired) electrons. The Morgan fingerprint density at radius 2 is 1.85 bits per heavy atom. The topological polar surface area (TPSA) is 86.6 Å². The SMILES string of the molecule is CC(C)COc1ccc(CO[C@@H]2[C@H]([C@H](O)CO)O[C@@H]3OC(C)(C)O[C@@H]32)cc1. The smallest absolute Gasteiger partial charge is 0.190 e. The number of fused-ring (bicyclic) bond motifs is 1. The fraction of sp³-hybridized carbons (Fsp3) is 0.700. The van der Waals surface area contributed by atoms with Crippen LogP contribution in [0, 0.1) is 5.92 Å². The monoisotopic (exact) mass is 382 g/mol. The van der Waals surface area contributed by atoms with Gasteiger partial charge in [0.25, 0.3) is 0 Å². The number of aliphatic hydroxyl groups excluding tert-OH is 2. The summed E-state index contributed by atoms with van der Waals surface area (Å²) in [5.74, 6) is 0.511. The summed E-state index contributed by atoms with van der Waals surface area (Å²) < 4.78 is 29.1. The van der Waals surface area contributed by atoms with E-state index in [4.69, 9.17) is 23.7 Å². The van der Waals surface area contributed by atoms with Crippen LogP contribution in [0.3, 0.4) is 0 Å². The standard InChI is InChI=1S/C20H30O7/c1-12(2)10-23-14-7-5-13(6-8-14)11-24-17-16(15(22)9-21)25-19-18(17)26-20(3,4)27-19/h5-8,12,15-19,21-22H,9-11H2,1-4H3/t15-,16+,17-,18-,19-/m1/s1. The van der Waals surface area contributed by atoms with E-state index in [1.54, 1.807) is 13.8 Å². The second-order valence-corrected chi connectivity index (χ2v) is 7.94. The molecular weight excluding hydrogens is 352 g/mol. The van der Waals surface area contributed by atoms with Crippen LogP contribution in [0.5, 0.6) is 5.75 Å². The van der Waals surface area contributed by atoms with E-state index in [9.17, 15) is 10.2 Å². The van der Waals surface area contributed by atoms with Crippen LogP contribution in [-0.2, 0) is 25.6 Å². The molecular formula is C20H30O7. The molecule has 2 N–H and O–H groups in total. The van der Waals surface area contributed by atoms with Gasteiger partial charge in [-0.15, -0.1) is 0 Å². The fourth-order valence-corrected chi connectivity index (χ4v) is 3.24. The zero-order valence-electron chi connectivity index (χ0n) is 16.3.